The summed E-state index contributed by atoms with van der Waals surface area (Å²) in [7, 11) is 0. The minimum atomic E-state index is -1.22. The van der Waals surface area contributed by atoms with E-state index in [-0.39, 0.29) is 0 Å². The van der Waals surface area contributed by atoms with Gasteiger partial charge in [0.15, 0.2) is 6.29 Å². The van der Waals surface area contributed by atoms with E-state index in [1.807, 2.05) is 0 Å². The molecule has 0 bridgehead atoms. The van der Waals surface area contributed by atoms with E-state index in [0.29, 0.717) is 0 Å². The fourth-order valence-electron chi connectivity index (χ4n) is 1.17. The molecular formula is C6H14N2O4. The highest BCUT2D eigenvalue weighted by Gasteiger charge is 2.40. The van der Waals surface area contributed by atoms with Gasteiger partial charge in [0.25, 0.3) is 0 Å². The molecule has 72 valence electrons. The van der Waals surface area contributed by atoms with Gasteiger partial charge in [-0.1, -0.05) is 0 Å². The Bertz CT molecular complexity index is 152. The second kappa shape index (κ2) is 3.65. The van der Waals surface area contributed by atoms with Crippen molar-refractivity contribution in [3.05, 3.63) is 0 Å². The molecule has 7 N–H and O–H groups in total. The Morgan fingerprint density at radius 2 is 1.75 bits per heavy atom. The SMILES string of the molecule is N[C@H]1[C@H](N)[C@@H](O)O[C@H](CO)[C@@H]1O. The van der Waals surface area contributed by atoms with Gasteiger partial charge in [0.05, 0.1) is 24.8 Å². The summed E-state index contributed by atoms with van der Waals surface area (Å²) in [6, 6.07) is -1.59. The van der Waals surface area contributed by atoms with E-state index < -0.39 is 37.2 Å². The van der Waals surface area contributed by atoms with Gasteiger partial charge >= 0.3 is 0 Å². The molecule has 5 atom stereocenters. The second-order valence-electron chi connectivity index (χ2n) is 2.89. The summed E-state index contributed by atoms with van der Waals surface area (Å²) in [4.78, 5) is 0. The molecule has 0 unspecified atom stereocenters. The molecule has 6 nitrogen and oxygen atoms in total. The van der Waals surface area contributed by atoms with Crippen molar-refractivity contribution in [2.75, 3.05) is 6.61 Å². The summed E-state index contributed by atoms with van der Waals surface area (Å²) in [6.07, 6.45) is -3.11. The Morgan fingerprint density at radius 3 is 2.25 bits per heavy atom. The molecule has 1 rings (SSSR count). The highest BCUT2D eigenvalue weighted by molar-refractivity contribution is 4.93. The Kier molecular flexibility index (Phi) is 2.99. The summed E-state index contributed by atoms with van der Waals surface area (Å²) in [5.41, 5.74) is 10.8. The standard InChI is InChI=1S/C6H14N2O4/c7-3-4(8)6(11)12-2(1-9)5(3)10/h2-6,9-11H,1,7-8H2/t2-,3+,4+,5+,6+/m1/s1. The predicted molar refractivity (Wildman–Crippen MR) is 39.9 cm³/mol. The smallest absolute Gasteiger partial charge is 0.171 e. The van der Waals surface area contributed by atoms with Crippen molar-refractivity contribution in [3.63, 3.8) is 0 Å². The van der Waals surface area contributed by atoms with Crippen LogP contribution < -0.4 is 11.5 Å². The van der Waals surface area contributed by atoms with Crippen molar-refractivity contribution >= 4 is 0 Å². The third kappa shape index (κ3) is 1.58. The molecule has 1 fully saturated rings. The lowest BCUT2D eigenvalue weighted by molar-refractivity contribution is -0.221. The molecule has 0 spiro atoms. The lowest BCUT2D eigenvalue weighted by Crippen LogP contribution is -2.65. The van der Waals surface area contributed by atoms with Gasteiger partial charge in [-0.2, -0.15) is 0 Å². The fraction of sp³-hybridized carbons (Fsp3) is 1.00. The minimum Gasteiger partial charge on any atom is -0.394 e. The van der Waals surface area contributed by atoms with Crippen molar-refractivity contribution in [2.24, 2.45) is 11.5 Å². The number of nitrogens with two attached hydrogens (primary N) is 2. The topological polar surface area (TPSA) is 122 Å². The predicted octanol–water partition coefficient (Wildman–Crippen LogP) is -3.29. The molecular weight excluding hydrogens is 164 g/mol. The Hall–Kier alpha value is -0.240. The van der Waals surface area contributed by atoms with Crippen LogP contribution in [0.5, 0.6) is 0 Å². The summed E-state index contributed by atoms with van der Waals surface area (Å²) in [5.74, 6) is 0. The zero-order valence-electron chi connectivity index (χ0n) is 6.50. The average molecular weight is 178 g/mol. The highest BCUT2D eigenvalue weighted by Crippen LogP contribution is 2.16. The molecule has 0 aliphatic carbocycles. The molecule has 1 saturated heterocycles. The quantitative estimate of drug-likeness (QED) is 0.287. The van der Waals surface area contributed by atoms with Crippen LogP contribution in [0.4, 0.5) is 0 Å². The van der Waals surface area contributed by atoms with Crippen molar-refractivity contribution < 1.29 is 20.1 Å². The maximum atomic E-state index is 9.32. The number of hydrogen-bond donors (Lipinski definition) is 5. The summed E-state index contributed by atoms with van der Waals surface area (Å²) >= 11 is 0. The van der Waals surface area contributed by atoms with Crippen LogP contribution in [0, 0.1) is 0 Å². The van der Waals surface area contributed by atoms with E-state index in [0.717, 1.165) is 0 Å². The van der Waals surface area contributed by atoms with E-state index in [1.165, 1.54) is 0 Å². The maximum Gasteiger partial charge on any atom is 0.171 e. The molecule has 0 aromatic heterocycles. The molecule has 1 aliphatic heterocycles. The molecule has 0 aromatic carbocycles. The molecule has 12 heavy (non-hydrogen) atoms. The van der Waals surface area contributed by atoms with Gasteiger partial charge in [0.1, 0.15) is 6.10 Å². The Morgan fingerprint density at radius 1 is 1.17 bits per heavy atom. The normalized spacial score (nSPS) is 49.2. The van der Waals surface area contributed by atoms with E-state index >= 15 is 0 Å². The van der Waals surface area contributed by atoms with Crippen LogP contribution in [0.25, 0.3) is 0 Å². The first-order valence-electron chi connectivity index (χ1n) is 3.71. The monoisotopic (exact) mass is 178 g/mol. The lowest BCUT2D eigenvalue weighted by atomic mass is 9.96. The third-order valence-electron chi connectivity index (χ3n) is 2.04. The number of aliphatic hydroxyl groups excluding tert-OH is 3. The fourth-order valence-corrected chi connectivity index (χ4v) is 1.17. The molecule has 0 amide bonds. The molecule has 1 heterocycles. The summed E-state index contributed by atoms with van der Waals surface area (Å²) in [5, 5.41) is 27.1. The van der Waals surface area contributed by atoms with Crippen LogP contribution >= 0.6 is 0 Å². The highest BCUT2D eigenvalue weighted by atomic mass is 16.6. The molecule has 1 aliphatic rings. The summed E-state index contributed by atoms with van der Waals surface area (Å²) in [6.45, 7) is -0.390. The first kappa shape index (κ1) is 9.85. The number of hydrogen-bond acceptors (Lipinski definition) is 6. The van der Waals surface area contributed by atoms with Gasteiger partial charge in [0, 0.05) is 0 Å². The van der Waals surface area contributed by atoms with Gasteiger partial charge in [-0.3, -0.25) is 0 Å². The van der Waals surface area contributed by atoms with Gasteiger partial charge < -0.3 is 31.5 Å². The van der Waals surface area contributed by atoms with Crippen LogP contribution in [0.2, 0.25) is 0 Å². The van der Waals surface area contributed by atoms with Crippen LogP contribution in [0.15, 0.2) is 0 Å². The van der Waals surface area contributed by atoms with Crippen molar-refractivity contribution in [3.8, 4) is 0 Å². The van der Waals surface area contributed by atoms with Crippen molar-refractivity contribution in [2.45, 2.75) is 30.6 Å². The van der Waals surface area contributed by atoms with E-state index in [9.17, 15) is 5.11 Å². The third-order valence-corrected chi connectivity index (χ3v) is 2.04. The van der Waals surface area contributed by atoms with Gasteiger partial charge in [-0.15, -0.1) is 0 Å². The Balaban J connectivity index is 2.63. The van der Waals surface area contributed by atoms with Crippen LogP contribution in [0.1, 0.15) is 0 Å². The van der Waals surface area contributed by atoms with E-state index in [4.69, 9.17) is 26.4 Å². The van der Waals surface area contributed by atoms with E-state index in [1.54, 1.807) is 0 Å². The van der Waals surface area contributed by atoms with Gasteiger partial charge in [-0.25, -0.2) is 0 Å². The second-order valence-corrected chi connectivity index (χ2v) is 2.89. The zero-order valence-corrected chi connectivity index (χ0v) is 6.50. The molecule has 6 heteroatoms. The molecule has 0 radical (unpaired) electrons. The Labute approximate surface area is 69.7 Å². The van der Waals surface area contributed by atoms with Gasteiger partial charge in [0.2, 0.25) is 0 Å². The lowest BCUT2D eigenvalue weighted by Gasteiger charge is -2.38. The first-order valence-corrected chi connectivity index (χ1v) is 3.71. The van der Waals surface area contributed by atoms with Crippen molar-refractivity contribution in [1.82, 2.24) is 0 Å². The summed E-state index contributed by atoms with van der Waals surface area (Å²) < 4.78 is 4.78. The van der Waals surface area contributed by atoms with Gasteiger partial charge in [-0.05, 0) is 0 Å². The number of aliphatic hydroxyl groups is 3. The van der Waals surface area contributed by atoms with Crippen LogP contribution in [0.3, 0.4) is 0 Å². The first-order chi connectivity index (χ1) is 5.57. The average Bonchev–Trinajstić information content (AvgIpc) is 2.08. The van der Waals surface area contributed by atoms with Crippen molar-refractivity contribution in [1.29, 1.82) is 0 Å². The largest absolute Gasteiger partial charge is 0.394 e. The molecule has 0 saturated carbocycles. The maximum absolute atomic E-state index is 9.32. The van der Waals surface area contributed by atoms with E-state index in [2.05, 4.69) is 0 Å². The zero-order chi connectivity index (χ0) is 9.30. The number of ether oxygens (including phenoxy) is 1. The molecule has 0 aromatic rings. The van der Waals surface area contributed by atoms with Crippen LogP contribution in [-0.4, -0.2) is 52.5 Å². The number of rotatable bonds is 1. The van der Waals surface area contributed by atoms with Crippen LogP contribution in [-0.2, 0) is 4.74 Å². The minimum absolute atomic E-state index is 0.390.